The Bertz CT molecular complexity index is 1160. The van der Waals surface area contributed by atoms with Gasteiger partial charge in [-0.05, 0) is 31.2 Å². The van der Waals surface area contributed by atoms with Gasteiger partial charge in [-0.1, -0.05) is 45.9 Å². The van der Waals surface area contributed by atoms with Crippen LogP contribution in [0.3, 0.4) is 0 Å². The summed E-state index contributed by atoms with van der Waals surface area (Å²) in [6.45, 7) is 8.42. The van der Waals surface area contributed by atoms with E-state index in [1.807, 2.05) is 39.8 Å². The fraction of sp³-hybridized carbons (Fsp3) is 0.333. The quantitative estimate of drug-likeness (QED) is 0.148. The molecule has 1 aromatic heterocycles. The van der Waals surface area contributed by atoms with E-state index >= 15 is 0 Å². The molecule has 1 heterocycles. The van der Waals surface area contributed by atoms with E-state index in [2.05, 4.69) is 0 Å². The molecule has 0 saturated carbocycles. The molecule has 7 nitrogen and oxygen atoms in total. The Morgan fingerprint density at radius 2 is 1.43 bits per heavy atom. The van der Waals surface area contributed by atoms with Crippen LogP contribution in [0.4, 0.5) is 0 Å². The van der Waals surface area contributed by atoms with Crippen molar-refractivity contribution in [2.45, 2.75) is 47.1 Å². The molecular formula is C27H36O7SWY-2. The number of carbonyl (C=O) groups excluding carboxylic acids is 3. The van der Waals surface area contributed by atoms with Gasteiger partial charge in [-0.25, -0.2) is 4.79 Å². The van der Waals surface area contributed by atoms with Gasteiger partial charge in [0.15, 0.2) is 5.43 Å². The predicted molar refractivity (Wildman–Crippen MR) is 144 cm³/mol. The Morgan fingerprint density at radius 3 is 2.03 bits per heavy atom. The minimum atomic E-state index is -1.25. The number of hydrogen-bond donors (Lipinski definition) is 1. The maximum absolute atomic E-state index is 12.9. The molecule has 0 aliphatic rings. The molecule has 3 aromatic rings. The number of ether oxygens (including phenoxy) is 2. The number of hydrogen-bond acceptors (Lipinski definition) is 8. The maximum Gasteiger partial charge on any atom is 0.339 e. The minimum Gasteiger partial charge on any atom is -0.462 e. The molecule has 3 rings (SSSR count). The van der Waals surface area contributed by atoms with Crippen molar-refractivity contribution in [3.63, 3.8) is 0 Å². The third-order valence-electron chi connectivity index (χ3n) is 4.06. The molecule has 0 aliphatic heterocycles. The second-order valence-electron chi connectivity index (χ2n) is 6.42. The second kappa shape index (κ2) is 22.7. The number of esters is 2. The van der Waals surface area contributed by atoms with Crippen molar-refractivity contribution in [2.75, 3.05) is 13.2 Å². The first kappa shape index (κ1) is 42.8. The summed E-state index contributed by atoms with van der Waals surface area (Å²) in [4.78, 5) is 47.5. The fourth-order valence-electron chi connectivity index (χ4n) is 2.76. The van der Waals surface area contributed by atoms with E-state index in [1.165, 1.54) is 24.3 Å². The number of ketones is 1. The number of fused-ring (bicyclic) bond motifs is 2. The number of aliphatic hydroxyl groups is 1. The van der Waals surface area contributed by atoms with Crippen LogP contribution in [0.5, 0.6) is 0 Å². The average molecular weight is 777 g/mol. The van der Waals surface area contributed by atoms with Gasteiger partial charge in [0.2, 0.25) is 0 Å². The van der Waals surface area contributed by atoms with Crippen LogP contribution in [0.15, 0.2) is 47.3 Å². The standard InChI is InChI=1S/C21H18O7S.2C2H6.2CH3.W.Y/c1-12(22)9-18(24)27-10-13(23)11-28-21(26)15-6-4-8-17-19(15)20(25)14-5-2-3-7-16(14)29-17;2*1-2;;;;/h2-8,13,23H,9-11H2,1H3;2*1-2H3;2*1H3;;/q;;;2*-1;;. The van der Waals surface area contributed by atoms with Crippen molar-refractivity contribution in [3.05, 3.63) is 73.1 Å². The molecule has 1 radical (unpaired) electrons. The van der Waals surface area contributed by atoms with Crippen LogP contribution in [-0.4, -0.2) is 42.1 Å². The predicted octanol–water partition coefficient (Wildman–Crippen LogP) is 5.40. The first-order valence-electron chi connectivity index (χ1n) is 10.8. The smallest absolute Gasteiger partial charge is 0.339 e. The zero-order valence-corrected chi connectivity index (χ0v) is 29.1. The van der Waals surface area contributed by atoms with Crippen molar-refractivity contribution < 1.29 is 82.7 Å². The molecular weight excluding hydrogens is 741 g/mol. The molecule has 0 amide bonds. The first-order valence-corrected chi connectivity index (χ1v) is 11.6. The Kier molecular flexibility index (Phi) is 26.2. The topological polar surface area (TPSA) is 107 Å². The van der Waals surface area contributed by atoms with Gasteiger partial charge in [-0.3, -0.25) is 14.4 Å². The zero-order chi connectivity index (χ0) is 25.0. The molecule has 37 heavy (non-hydrogen) atoms. The number of carbonyl (C=O) groups is 3. The summed E-state index contributed by atoms with van der Waals surface area (Å²) in [6, 6.07) is 12.1. The van der Waals surface area contributed by atoms with Gasteiger partial charge in [0, 0.05) is 68.6 Å². The van der Waals surface area contributed by atoms with Gasteiger partial charge in [0.25, 0.3) is 0 Å². The van der Waals surface area contributed by atoms with E-state index in [9.17, 15) is 24.3 Å². The average Bonchev–Trinajstić information content (AvgIpc) is 2.83. The summed E-state index contributed by atoms with van der Waals surface area (Å²) in [5.41, 5.74) is -0.157. The summed E-state index contributed by atoms with van der Waals surface area (Å²) in [5, 5.41) is 10.6. The van der Waals surface area contributed by atoms with Gasteiger partial charge in [0.1, 0.15) is 31.5 Å². The summed E-state index contributed by atoms with van der Waals surface area (Å²) in [7, 11) is 0. The van der Waals surface area contributed by atoms with Crippen LogP contribution >= 0.6 is 11.3 Å². The summed E-state index contributed by atoms with van der Waals surface area (Å²) < 4.78 is 11.3. The van der Waals surface area contributed by atoms with E-state index in [0.717, 1.165) is 4.70 Å². The first-order chi connectivity index (χ1) is 15.9. The zero-order valence-electron chi connectivity index (χ0n) is 22.5. The van der Waals surface area contributed by atoms with Crippen molar-refractivity contribution in [2.24, 2.45) is 0 Å². The van der Waals surface area contributed by atoms with Crippen LogP contribution in [-0.2, 0) is 72.8 Å². The molecule has 10 heteroatoms. The van der Waals surface area contributed by atoms with Crippen molar-refractivity contribution in [3.8, 4) is 0 Å². The molecule has 2 aromatic carbocycles. The summed E-state index contributed by atoms with van der Waals surface area (Å²) in [6.07, 6.45) is -1.63. The number of benzene rings is 2. The molecule has 0 spiro atoms. The molecule has 0 saturated heterocycles. The van der Waals surface area contributed by atoms with Crippen LogP contribution in [0.1, 0.15) is 51.4 Å². The molecule has 1 atom stereocenters. The SMILES string of the molecule is CC.CC.CC(=O)CC(=O)OCC(O)COC(=O)c1cccc2sc3ccccc3c(=O)c12.[CH3-].[CH3-].[W].[Y]. The van der Waals surface area contributed by atoms with Crippen LogP contribution in [0.2, 0.25) is 0 Å². The molecule has 0 aliphatic carbocycles. The number of rotatable bonds is 7. The Morgan fingerprint density at radius 1 is 0.892 bits per heavy atom. The summed E-state index contributed by atoms with van der Waals surface area (Å²) >= 11 is 1.40. The Labute approximate surface area is 263 Å². The van der Waals surface area contributed by atoms with E-state index < -0.39 is 31.3 Å². The number of Topliss-reactive ketones (excluding diaryl/α,β-unsaturated/α-hetero) is 1. The molecule has 1 unspecified atom stereocenters. The van der Waals surface area contributed by atoms with Crippen molar-refractivity contribution >= 4 is 49.2 Å². The van der Waals surface area contributed by atoms with E-state index in [1.54, 1.807) is 24.3 Å². The molecule has 0 fully saturated rings. The molecule has 1 N–H and O–H groups in total. The van der Waals surface area contributed by atoms with Crippen LogP contribution < -0.4 is 5.43 Å². The normalized spacial score (nSPS) is 9.68. The third kappa shape index (κ3) is 12.9. The van der Waals surface area contributed by atoms with Crippen LogP contribution in [0.25, 0.3) is 20.2 Å². The maximum atomic E-state index is 12.9. The largest absolute Gasteiger partial charge is 0.462 e. The van der Waals surface area contributed by atoms with E-state index in [0.29, 0.717) is 10.1 Å². The monoisotopic (exact) mass is 777 g/mol. The van der Waals surface area contributed by atoms with E-state index in [-0.39, 0.29) is 97.2 Å². The Balaban J connectivity index is -0.000000649. The van der Waals surface area contributed by atoms with Gasteiger partial charge in [-0.2, -0.15) is 0 Å². The Hall–Kier alpha value is -1.31. The minimum absolute atomic E-state index is 0. The van der Waals surface area contributed by atoms with Gasteiger partial charge in [0.05, 0.1) is 10.9 Å². The summed E-state index contributed by atoms with van der Waals surface area (Å²) in [5.74, 6) is -1.88. The second-order valence-corrected chi connectivity index (χ2v) is 7.50. The van der Waals surface area contributed by atoms with Gasteiger partial charge in [-0.15, -0.1) is 11.3 Å². The number of aliphatic hydroxyl groups excluding tert-OH is 1. The van der Waals surface area contributed by atoms with Gasteiger partial charge >= 0.3 is 11.9 Å². The van der Waals surface area contributed by atoms with Crippen molar-refractivity contribution in [1.82, 2.24) is 0 Å². The van der Waals surface area contributed by atoms with Crippen molar-refractivity contribution in [1.29, 1.82) is 0 Å². The fourth-order valence-corrected chi connectivity index (χ4v) is 3.86. The molecule has 0 bridgehead atoms. The third-order valence-corrected chi connectivity index (χ3v) is 5.20. The molecule has 203 valence electrons. The van der Waals surface area contributed by atoms with Crippen LogP contribution in [0, 0.1) is 14.9 Å². The van der Waals surface area contributed by atoms with E-state index in [4.69, 9.17) is 9.47 Å². The van der Waals surface area contributed by atoms with Gasteiger partial charge < -0.3 is 29.4 Å².